The molecule has 0 aliphatic heterocycles. The largest absolute Gasteiger partial charge is 0.497 e. The molecule has 0 radical (unpaired) electrons. The number of ether oxygens (including phenoxy) is 3. The minimum absolute atomic E-state index is 0.218. The van der Waals surface area contributed by atoms with Gasteiger partial charge < -0.3 is 24.4 Å². The Bertz CT molecular complexity index is 1100. The van der Waals surface area contributed by atoms with Gasteiger partial charge in [0.1, 0.15) is 11.8 Å². The fraction of sp³-hybridized carbons (Fsp3) is 0.286. The Morgan fingerprint density at radius 1 is 0.857 bits per heavy atom. The first-order valence-electron chi connectivity index (χ1n) is 11.6. The van der Waals surface area contributed by atoms with Crippen LogP contribution in [0.25, 0.3) is 0 Å². The van der Waals surface area contributed by atoms with Gasteiger partial charge >= 0.3 is 0 Å². The number of nitrogens with one attached hydrogen (secondary N) is 1. The Kier molecular flexibility index (Phi) is 9.54. The molecule has 0 aromatic heterocycles. The average Bonchev–Trinajstić information content (AvgIpc) is 2.90. The van der Waals surface area contributed by atoms with Gasteiger partial charge in [0, 0.05) is 19.5 Å². The van der Waals surface area contributed by atoms with E-state index < -0.39 is 6.04 Å². The summed E-state index contributed by atoms with van der Waals surface area (Å²) in [5.74, 6) is 1.14. The Balaban J connectivity index is 1.91. The number of benzene rings is 3. The summed E-state index contributed by atoms with van der Waals surface area (Å²) in [6.45, 7) is 2.30. The molecule has 1 N–H and O–H groups in total. The van der Waals surface area contributed by atoms with Gasteiger partial charge in [-0.05, 0) is 42.3 Å². The molecule has 7 heteroatoms. The van der Waals surface area contributed by atoms with E-state index in [0.717, 1.165) is 11.1 Å². The van der Waals surface area contributed by atoms with E-state index in [9.17, 15) is 9.59 Å². The number of likely N-dealkylation sites (N-methyl/N-ethyl adjacent to an activating group) is 1. The Morgan fingerprint density at radius 2 is 1.54 bits per heavy atom. The van der Waals surface area contributed by atoms with Crippen LogP contribution in [-0.2, 0) is 22.6 Å². The van der Waals surface area contributed by atoms with Crippen LogP contribution in [0.2, 0.25) is 0 Å². The van der Waals surface area contributed by atoms with Crippen LogP contribution in [0.15, 0.2) is 78.9 Å². The summed E-state index contributed by atoms with van der Waals surface area (Å²) in [6.07, 6.45) is 0.372. The summed E-state index contributed by atoms with van der Waals surface area (Å²) >= 11 is 0. The Labute approximate surface area is 206 Å². The van der Waals surface area contributed by atoms with E-state index in [1.807, 2.05) is 73.7 Å². The van der Waals surface area contributed by atoms with Crippen LogP contribution >= 0.6 is 0 Å². The predicted molar refractivity (Wildman–Crippen MR) is 135 cm³/mol. The maximum absolute atomic E-state index is 13.6. The lowest BCUT2D eigenvalue weighted by atomic mass is 10.0. The third kappa shape index (κ3) is 7.24. The van der Waals surface area contributed by atoms with Gasteiger partial charge in [0.05, 0.1) is 14.2 Å². The molecule has 3 aromatic carbocycles. The summed E-state index contributed by atoms with van der Waals surface area (Å²) in [4.78, 5) is 28.3. The molecule has 35 heavy (non-hydrogen) atoms. The lowest BCUT2D eigenvalue weighted by molar-refractivity contribution is -0.142. The number of amides is 2. The first-order valence-corrected chi connectivity index (χ1v) is 11.6. The zero-order valence-corrected chi connectivity index (χ0v) is 20.4. The number of rotatable bonds is 12. The van der Waals surface area contributed by atoms with Crippen LogP contribution in [-0.4, -0.2) is 50.1 Å². The molecule has 7 nitrogen and oxygen atoms in total. The minimum Gasteiger partial charge on any atom is -0.497 e. The maximum atomic E-state index is 13.6. The van der Waals surface area contributed by atoms with Gasteiger partial charge in [-0.2, -0.15) is 0 Å². The van der Waals surface area contributed by atoms with E-state index in [1.165, 1.54) is 0 Å². The van der Waals surface area contributed by atoms with Crippen LogP contribution in [0.1, 0.15) is 18.1 Å². The first-order chi connectivity index (χ1) is 17.0. The van der Waals surface area contributed by atoms with E-state index >= 15 is 0 Å². The van der Waals surface area contributed by atoms with Crippen molar-refractivity contribution in [1.82, 2.24) is 10.2 Å². The third-order valence-electron chi connectivity index (χ3n) is 5.53. The van der Waals surface area contributed by atoms with Gasteiger partial charge in [-0.25, -0.2) is 0 Å². The number of nitrogens with zero attached hydrogens (tertiary/aromatic N) is 1. The average molecular weight is 477 g/mol. The van der Waals surface area contributed by atoms with Gasteiger partial charge in [0.15, 0.2) is 18.1 Å². The van der Waals surface area contributed by atoms with Crippen LogP contribution in [0, 0.1) is 0 Å². The molecule has 184 valence electrons. The molecule has 3 aromatic rings. The zero-order chi connectivity index (χ0) is 25.0. The van der Waals surface area contributed by atoms with Crippen molar-refractivity contribution in [2.45, 2.75) is 25.9 Å². The van der Waals surface area contributed by atoms with Gasteiger partial charge in [0.2, 0.25) is 5.91 Å². The molecule has 0 saturated heterocycles. The van der Waals surface area contributed by atoms with E-state index in [0.29, 0.717) is 30.2 Å². The van der Waals surface area contributed by atoms with Crippen molar-refractivity contribution < 1.29 is 23.8 Å². The highest BCUT2D eigenvalue weighted by Gasteiger charge is 2.30. The van der Waals surface area contributed by atoms with Gasteiger partial charge in [-0.3, -0.25) is 9.59 Å². The zero-order valence-electron chi connectivity index (χ0n) is 20.4. The summed E-state index contributed by atoms with van der Waals surface area (Å²) in [5.41, 5.74) is 1.80. The Morgan fingerprint density at radius 3 is 2.23 bits per heavy atom. The summed E-state index contributed by atoms with van der Waals surface area (Å²) in [5, 5.41) is 2.88. The summed E-state index contributed by atoms with van der Waals surface area (Å²) in [7, 11) is 3.14. The van der Waals surface area contributed by atoms with E-state index in [2.05, 4.69) is 5.32 Å². The smallest absolute Gasteiger partial charge is 0.261 e. The Hall–Kier alpha value is -4.00. The molecule has 0 aliphatic carbocycles. The molecular weight excluding hydrogens is 444 g/mol. The lowest BCUT2D eigenvalue weighted by Crippen LogP contribution is -2.51. The maximum Gasteiger partial charge on any atom is 0.261 e. The summed E-state index contributed by atoms with van der Waals surface area (Å²) in [6, 6.07) is 23.5. The fourth-order valence-electron chi connectivity index (χ4n) is 3.77. The molecule has 0 fully saturated rings. The highest BCUT2D eigenvalue weighted by atomic mass is 16.5. The fourth-order valence-corrected chi connectivity index (χ4v) is 3.77. The molecule has 0 unspecified atom stereocenters. The van der Waals surface area contributed by atoms with E-state index in [1.54, 1.807) is 31.3 Å². The predicted octanol–water partition coefficient (Wildman–Crippen LogP) is 3.86. The SMILES string of the molecule is CCNC(=O)[C@@H](Cc1ccccc1)N(Cc1cccc(OC)c1)C(=O)COc1ccccc1OC. The standard InChI is InChI=1S/C28H32N2O5/c1-4-29-28(32)24(18-21-11-6-5-7-12-21)30(19-22-13-10-14-23(17-22)33-2)27(31)20-35-26-16-9-8-15-25(26)34-3/h5-17,24H,4,18-20H2,1-3H3,(H,29,32)/t24-/m1/s1. The van der Waals surface area contributed by atoms with Crippen LogP contribution < -0.4 is 19.5 Å². The normalized spacial score (nSPS) is 11.3. The second-order valence-electron chi connectivity index (χ2n) is 7.91. The molecular formula is C28H32N2O5. The minimum atomic E-state index is -0.725. The topological polar surface area (TPSA) is 77.1 Å². The third-order valence-corrected chi connectivity index (χ3v) is 5.53. The monoisotopic (exact) mass is 476 g/mol. The quantitative estimate of drug-likeness (QED) is 0.430. The number of methoxy groups -OCH3 is 2. The molecule has 0 spiro atoms. The number of hydrogen-bond donors (Lipinski definition) is 1. The van der Waals surface area contributed by atoms with E-state index in [4.69, 9.17) is 14.2 Å². The number of hydrogen-bond acceptors (Lipinski definition) is 5. The number of carbonyl (C=O) groups excluding carboxylic acids is 2. The van der Waals surface area contributed by atoms with Gasteiger partial charge in [-0.1, -0.05) is 54.6 Å². The second-order valence-corrected chi connectivity index (χ2v) is 7.91. The van der Waals surface area contributed by atoms with Crippen molar-refractivity contribution in [3.05, 3.63) is 90.0 Å². The van der Waals surface area contributed by atoms with Crippen molar-refractivity contribution in [2.24, 2.45) is 0 Å². The van der Waals surface area contributed by atoms with Crippen molar-refractivity contribution in [3.63, 3.8) is 0 Å². The lowest BCUT2D eigenvalue weighted by Gasteiger charge is -2.31. The number of carbonyl (C=O) groups is 2. The van der Waals surface area contributed by atoms with Crippen molar-refractivity contribution in [2.75, 3.05) is 27.4 Å². The highest BCUT2D eigenvalue weighted by Crippen LogP contribution is 2.26. The molecule has 0 heterocycles. The molecule has 0 aliphatic rings. The summed E-state index contributed by atoms with van der Waals surface area (Å²) < 4.78 is 16.5. The van der Waals surface area contributed by atoms with Crippen molar-refractivity contribution in [1.29, 1.82) is 0 Å². The first kappa shape index (κ1) is 25.6. The van der Waals surface area contributed by atoms with Crippen LogP contribution in [0.5, 0.6) is 17.2 Å². The molecule has 1 atom stereocenters. The molecule has 3 rings (SSSR count). The molecule has 0 saturated carbocycles. The van der Waals surface area contributed by atoms with E-state index in [-0.39, 0.29) is 25.0 Å². The van der Waals surface area contributed by atoms with Crippen LogP contribution in [0.3, 0.4) is 0 Å². The number of para-hydroxylation sites is 2. The van der Waals surface area contributed by atoms with Gasteiger partial charge in [0.25, 0.3) is 5.91 Å². The second kappa shape index (κ2) is 13.0. The highest BCUT2D eigenvalue weighted by molar-refractivity contribution is 5.88. The molecule has 0 bridgehead atoms. The van der Waals surface area contributed by atoms with Crippen molar-refractivity contribution in [3.8, 4) is 17.2 Å². The van der Waals surface area contributed by atoms with Gasteiger partial charge in [-0.15, -0.1) is 0 Å². The van der Waals surface area contributed by atoms with Crippen molar-refractivity contribution >= 4 is 11.8 Å². The molecule has 2 amide bonds. The van der Waals surface area contributed by atoms with Crippen LogP contribution in [0.4, 0.5) is 0 Å².